The highest BCUT2D eigenvalue weighted by Gasteiger charge is 2.19. The molecule has 1 aromatic carbocycles. The Labute approximate surface area is 118 Å². The van der Waals surface area contributed by atoms with Gasteiger partial charge in [-0.2, -0.15) is 0 Å². The van der Waals surface area contributed by atoms with E-state index in [-0.39, 0.29) is 19.3 Å². The molecular weight excluding hydrogens is 260 g/mol. The summed E-state index contributed by atoms with van der Waals surface area (Å²) in [5.41, 5.74) is 6.05. The van der Waals surface area contributed by atoms with Crippen LogP contribution in [0.5, 0.6) is 0 Å². The Kier molecular flexibility index (Phi) is 6.52. The Balaban J connectivity index is 2.40. The summed E-state index contributed by atoms with van der Waals surface area (Å²) in [6.45, 7) is 3.80. The molecule has 1 atom stereocenters. The normalized spacial score (nSPS) is 11.9. The Morgan fingerprint density at radius 3 is 2.45 bits per heavy atom. The molecule has 0 aliphatic heterocycles. The highest BCUT2D eigenvalue weighted by Crippen LogP contribution is 2.01. The molecule has 0 aromatic heterocycles. The van der Waals surface area contributed by atoms with E-state index in [1.165, 1.54) is 0 Å². The summed E-state index contributed by atoms with van der Waals surface area (Å²) >= 11 is 0. The largest absolute Gasteiger partial charge is 0.445 e. The number of primary amides is 1. The predicted octanol–water partition coefficient (Wildman–Crippen LogP) is 1.19. The maximum absolute atomic E-state index is 11.6. The van der Waals surface area contributed by atoms with E-state index < -0.39 is 18.0 Å². The summed E-state index contributed by atoms with van der Waals surface area (Å²) in [5.74, 6) is -0.665. The number of hydrogen-bond donors (Lipinski definition) is 2. The Morgan fingerprint density at radius 2 is 1.90 bits per heavy atom. The van der Waals surface area contributed by atoms with E-state index in [0.29, 0.717) is 0 Å². The number of hydrogen-bond acceptors (Lipinski definition) is 4. The maximum Gasteiger partial charge on any atom is 0.408 e. The number of nitrogens with two attached hydrogens (primary N) is 1. The molecule has 0 fully saturated rings. The van der Waals surface area contributed by atoms with Gasteiger partial charge in [0.05, 0.1) is 12.7 Å². The second kappa shape index (κ2) is 8.16. The van der Waals surface area contributed by atoms with Crippen LogP contribution in [0.4, 0.5) is 4.79 Å². The number of benzene rings is 1. The monoisotopic (exact) mass is 280 g/mol. The number of amides is 2. The topological polar surface area (TPSA) is 90.7 Å². The third kappa shape index (κ3) is 6.19. The van der Waals surface area contributed by atoms with Gasteiger partial charge in [0.1, 0.15) is 12.6 Å². The van der Waals surface area contributed by atoms with Gasteiger partial charge in [-0.25, -0.2) is 4.79 Å². The van der Waals surface area contributed by atoms with Gasteiger partial charge in [-0.3, -0.25) is 4.79 Å². The van der Waals surface area contributed by atoms with Crippen molar-refractivity contribution in [1.82, 2.24) is 5.32 Å². The fourth-order valence-corrected chi connectivity index (χ4v) is 1.39. The minimum atomic E-state index is -0.902. The van der Waals surface area contributed by atoms with Crippen LogP contribution in [0.25, 0.3) is 0 Å². The smallest absolute Gasteiger partial charge is 0.408 e. The second-order valence-corrected chi connectivity index (χ2v) is 4.54. The summed E-state index contributed by atoms with van der Waals surface area (Å²) in [7, 11) is 0. The number of ether oxygens (including phenoxy) is 2. The van der Waals surface area contributed by atoms with E-state index in [1.54, 1.807) is 0 Å². The molecule has 3 N–H and O–H groups in total. The fraction of sp³-hybridized carbons (Fsp3) is 0.429. The lowest BCUT2D eigenvalue weighted by molar-refractivity contribution is -0.121. The van der Waals surface area contributed by atoms with Gasteiger partial charge in [0.25, 0.3) is 0 Å². The van der Waals surface area contributed by atoms with E-state index in [4.69, 9.17) is 15.2 Å². The molecule has 0 spiro atoms. The van der Waals surface area contributed by atoms with Gasteiger partial charge in [-0.05, 0) is 19.4 Å². The van der Waals surface area contributed by atoms with Crippen molar-refractivity contribution in [2.45, 2.75) is 32.6 Å². The molecule has 110 valence electrons. The molecule has 0 aliphatic carbocycles. The molecule has 0 saturated heterocycles. The lowest BCUT2D eigenvalue weighted by Gasteiger charge is -2.17. The van der Waals surface area contributed by atoms with Gasteiger partial charge in [0.15, 0.2) is 0 Å². The van der Waals surface area contributed by atoms with Gasteiger partial charge in [-0.15, -0.1) is 0 Å². The van der Waals surface area contributed by atoms with Crippen molar-refractivity contribution in [2.24, 2.45) is 5.73 Å². The number of carbonyl (C=O) groups excluding carboxylic acids is 2. The quantitative estimate of drug-likeness (QED) is 0.785. The Bertz CT molecular complexity index is 434. The average Bonchev–Trinajstić information content (AvgIpc) is 2.41. The SMILES string of the molecule is CC(C)OCC(NC(=O)OCc1ccccc1)C(N)=O. The van der Waals surface area contributed by atoms with E-state index >= 15 is 0 Å². The van der Waals surface area contributed by atoms with Crippen molar-refractivity contribution in [2.75, 3.05) is 6.61 Å². The van der Waals surface area contributed by atoms with Crippen LogP contribution in [0.15, 0.2) is 30.3 Å². The fourth-order valence-electron chi connectivity index (χ4n) is 1.39. The molecule has 0 saturated carbocycles. The van der Waals surface area contributed by atoms with Crippen LogP contribution < -0.4 is 11.1 Å². The van der Waals surface area contributed by atoms with Crippen LogP contribution in [0, 0.1) is 0 Å². The summed E-state index contributed by atoms with van der Waals surface area (Å²) in [4.78, 5) is 22.8. The van der Waals surface area contributed by atoms with Crippen molar-refractivity contribution in [3.63, 3.8) is 0 Å². The number of alkyl carbamates (subject to hydrolysis) is 1. The van der Waals surface area contributed by atoms with Crippen molar-refractivity contribution in [3.05, 3.63) is 35.9 Å². The summed E-state index contributed by atoms with van der Waals surface area (Å²) in [6.07, 6.45) is -0.760. The summed E-state index contributed by atoms with van der Waals surface area (Å²) in [6, 6.07) is 8.33. The van der Waals surface area contributed by atoms with Crippen molar-refractivity contribution < 1.29 is 19.1 Å². The molecule has 2 amide bonds. The molecule has 20 heavy (non-hydrogen) atoms. The second-order valence-electron chi connectivity index (χ2n) is 4.54. The Hall–Kier alpha value is -2.08. The molecule has 0 bridgehead atoms. The molecule has 0 heterocycles. The third-order valence-corrected chi connectivity index (χ3v) is 2.44. The third-order valence-electron chi connectivity index (χ3n) is 2.44. The molecule has 1 aromatic rings. The van der Waals surface area contributed by atoms with E-state index in [9.17, 15) is 9.59 Å². The molecular formula is C14H20N2O4. The van der Waals surface area contributed by atoms with Crippen LogP contribution in [0.3, 0.4) is 0 Å². The van der Waals surface area contributed by atoms with Gasteiger partial charge >= 0.3 is 6.09 Å². The highest BCUT2D eigenvalue weighted by molar-refractivity contribution is 5.84. The van der Waals surface area contributed by atoms with Crippen molar-refractivity contribution >= 4 is 12.0 Å². The zero-order valence-corrected chi connectivity index (χ0v) is 11.7. The predicted molar refractivity (Wildman–Crippen MR) is 73.8 cm³/mol. The van der Waals surface area contributed by atoms with Crippen LogP contribution in [0.1, 0.15) is 19.4 Å². The van der Waals surface area contributed by atoms with E-state index in [1.807, 2.05) is 44.2 Å². The molecule has 6 nitrogen and oxygen atoms in total. The van der Waals surface area contributed by atoms with Crippen LogP contribution in [0.2, 0.25) is 0 Å². The summed E-state index contributed by atoms with van der Waals surface area (Å²) < 4.78 is 10.3. The first-order valence-electron chi connectivity index (χ1n) is 6.37. The highest BCUT2D eigenvalue weighted by atomic mass is 16.5. The number of nitrogens with one attached hydrogen (secondary N) is 1. The average molecular weight is 280 g/mol. The van der Waals surface area contributed by atoms with Gasteiger partial charge in [-0.1, -0.05) is 30.3 Å². The molecule has 1 unspecified atom stereocenters. The summed E-state index contributed by atoms with van der Waals surface area (Å²) in [5, 5.41) is 2.38. The minimum Gasteiger partial charge on any atom is -0.445 e. The molecule has 0 radical (unpaired) electrons. The van der Waals surface area contributed by atoms with Crippen LogP contribution in [-0.4, -0.2) is 30.8 Å². The van der Waals surface area contributed by atoms with Crippen LogP contribution >= 0.6 is 0 Å². The van der Waals surface area contributed by atoms with Crippen LogP contribution in [-0.2, 0) is 20.9 Å². The lowest BCUT2D eigenvalue weighted by atomic mass is 10.2. The Morgan fingerprint density at radius 1 is 1.25 bits per heavy atom. The van der Waals surface area contributed by atoms with E-state index in [2.05, 4.69) is 5.32 Å². The van der Waals surface area contributed by atoms with Crippen molar-refractivity contribution in [1.29, 1.82) is 0 Å². The van der Waals surface area contributed by atoms with Gasteiger partial charge in [0.2, 0.25) is 5.91 Å². The first-order chi connectivity index (χ1) is 9.49. The lowest BCUT2D eigenvalue weighted by Crippen LogP contribution is -2.47. The minimum absolute atomic E-state index is 0.0213. The first-order valence-corrected chi connectivity index (χ1v) is 6.37. The number of rotatable bonds is 7. The zero-order valence-electron chi connectivity index (χ0n) is 11.7. The molecule has 1 rings (SSSR count). The maximum atomic E-state index is 11.6. The van der Waals surface area contributed by atoms with Gasteiger partial charge < -0.3 is 20.5 Å². The van der Waals surface area contributed by atoms with Crippen molar-refractivity contribution in [3.8, 4) is 0 Å². The van der Waals surface area contributed by atoms with E-state index in [0.717, 1.165) is 5.56 Å². The standard InChI is InChI=1S/C14H20N2O4/c1-10(2)19-9-12(13(15)17)16-14(18)20-8-11-6-4-3-5-7-11/h3-7,10,12H,8-9H2,1-2H3,(H2,15,17)(H,16,18). The first kappa shape index (κ1) is 16.0. The molecule has 0 aliphatic rings. The molecule has 6 heteroatoms. The van der Waals surface area contributed by atoms with Gasteiger partial charge in [0, 0.05) is 0 Å². The zero-order chi connectivity index (χ0) is 15.0. The number of carbonyl (C=O) groups is 2.